The minimum absolute atomic E-state index is 0.179. The van der Waals surface area contributed by atoms with Crippen molar-refractivity contribution in [1.29, 1.82) is 0 Å². The summed E-state index contributed by atoms with van der Waals surface area (Å²) in [4.78, 5) is 0. The van der Waals surface area contributed by atoms with Gasteiger partial charge in [0.05, 0.1) is 6.10 Å². The molecule has 2 aromatic rings. The van der Waals surface area contributed by atoms with E-state index < -0.39 is 11.9 Å². The van der Waals surface area contributed by atoms with Crippen LogP contribution < -0.4 is 0 Å². The highest BCUT2D eigenvalue weighted by Gasteiger charge is 2.15. The summed E-state index contributed by atoms with van der Waals surface area (Å²) >= 11 is 17.5. The lowest BCUT2D eigenvalue weighted by atomic mass is 10.0. The number of aliphatic hydroxyl groups excluding tert-OH is 1. The molecule has 0 radical (unpaired) electrons. The fourth-order valence-electron chi connectivity index (χ4n) is 1.79. The van der Waals surface area contributed by atoms with Crippen LogP contribution in [0.4, 0.5) is 4.39 Å². The Bertz CT molecular complexity index is 601. The highest BCUT2D eigenvalue weighted by molar-refractivity contribution is 6.33. The molecule has 2 aromatic carbocycles. The molecule has 0 amide bonds. The smallest absolute Gasteiger partial charge is 0.130 e. The number of benzene rings is 2. The van der Waals surface area contributed by atoms with Crippen LogP contribution in [0.15, 0.2) is 36.4 Å². The van der Waals surface area contributed by atoms with Crippen molar-refractivity contribution in [2.45, 2.75) is 12.5 Å². The lowest BCUT2D eigenvalue weighted by Crippen LogP contribution is -2.05. The van der Waals surface area contributed by atoms with Gasteiger partial charge < -0.3 is 5.11 Å². The van der Waals surface area contributed by atoms with E-state index in [1.165, 1.54) is 18.2 Å². The van der Waals surface area contributed by atoms with Gasteiger partial charge in [-0.05, 0) is 35.9 Å². The second-order valence-electron chi connectivity index (χ2n) is 4.12. The summed E-state index contributed by atoms with van der Waals surface area (Å²) in [6.07, 6.45) is -0.828. The van der Waals surface area contributed by atoms with Gasteiger partial charge in [-0.2, -0.15) is 0 Å². The minimum atomic E-state index is -1.01. The first-order valence-corrected chi connectivity index (χ1v) is 6.67. The highest BCUT2D eigenvalue weighted by Crippen LogP contribution is 2.28. The van der Waals surface area contributed by atoms with Crippen molar-refractivity contribution < 1.29 is 9.50 Å². The van der Waals surface area contributed by atoms with E-state index in [4.69, 9.17) is 34.8 Å². The SMILES string of the molecule is OC(Cc1cc(Cl)ccc1Cl)c1ccc(Cl)cc1F. The Morgan fingerprint density at radius 1 is 1.00 bits per heavy atom. The summed E-state index contributed by atoms with van der Waals surface area (Å²) in [6.45, 7) is 0. The Hall–Kier alpha value is -0.800. The van der Waals surface area contributed by atoms with Gasteiger partial charge in [-0.1, -0.05) is 40.9 Å². The first-order chi connectivity index (χ1) is 8.97. The molecule has 0 fully saturated rings. The van der Waals surface area contributed by atoms with Crippen molar-refractivity contribution in [2.24, 2.45) is 0 Å². The normalized spacial score (nSPS) is 12.5. The van der Waals surface area contributed by atoms with E-state index >= 15 is 0 Å². The van der Waals surface area contributed by atoms with Gasteiger partial charge in [0.15, 0.2) is 0 Å². The van der Waals surface area contributed by atoms with E-state index in [1.54, 1.807) is 18.2 Å². The predicted octanol–water partition coefficient (Wildman–Crippen LogP) is 5.06. The Labute approximate surface area is 125 Å². The fraction of sp³-hybridized carbons (Fsp3) is 0.143. The average Bonchev–Trinajstić information content (AvgIpc) is 2.33. The zero-order chi connectivity index (χ0) is 14.0. The Morgan fingerprint density at radius 2 is 1.63 bits per heavy atom. The zero-order valence-corrected chi connectivity index (χ0v) is 12.0. The molecule has 1 unspecified atom stereocenters. The fourth-order valence-corrected chi connectivity index (χ4v) is 2.34. The van der Waals surface area contributed by atoms with E-state index in [2.05, 4.69) is 0 Å². The number of hydrogen-bond acceptors (Lipinski definition) is 1. The summed E-state index contributed by atoms with van der Waals surface area (Å²) in [6, 6.07) is 9.11. The molecule has 1 nitrogen and oxygen atoms in total. The molecule has 19 heavy (non-hydrogen) atoms. The van der Waals surface area contributed by atoms with Gasteiger partial charge >= 0.3 is 0 Å². The first kappa shape index (κ1) is 14.6. The summed E-state index contributed by atoms with van der Waals surface area (Å²) in [7, 11) is 0. The van der Waals surface area contributed by atoms with Crippen LogP contribution in [0.1, 0.15) is 17.2 Å². The summed E-state index contributed by atoms with van der Waals surface area (Å²) < 4.78 is 13.7. The largest absolute Gasteiger partial charge is 0.388 e. The maximum Gasteiger partial charge on any atom is 0.130 e. The molecular formula is C14H10Cl3FO. The van der Waals surface area contributed by atoms with Gasteiger partial charge in [-0.3, -0.25) is 0 Å². The molecule has 0 aliphatic carbocycles. The standard InChI is InChI=1S/C14H10Cl3FO/c15-9-2-4-12(17)8(5-9)6-14(19)11-3-1-10(16)7-13(11)18/h1-5,7,14,19H,6H2. The van der Waals surface area contributed by atoms with E-state index in [0.29, 0.717) is 15.6 Å². The molecule has 1 atom stereocenters. The van der Waals surface area contributed by atoms with Crippen LogP contribution in [-0.2, 0) is 6.42 Å². The monoisotopic (exact) mass is 318 g/mol. The van der Waals surface area contributed by atoms with E-state index in [9.17, 15) is 9.50 Å². The quantitative estimate of drug-likeness (QED) is 0.838. The molecule has 100 valence electrons. The van der Waals surface area contributed by atoms with Gasteiger partial charge in [-0.25, -0.2) is 4.39 Å². The van der Waals surface area contributed by atoms with Crippen molar-refractivity contribution in [2.75, 3.05) is 0 Å². The summed E-state index contributed by atoms with van der Waals surface area (Å²) in [5.74, 6) is -0.543. The highest BCUT2D eigenvalue weighted by atomic mass is 35.5. The van der Waals surface area contributed by atoms with Crippen molar-refractivity contribution in [3.63, 3.8) is 0 Å². The first-order valence-electron chi connectivity index (χ1n) is 5.54. The molecule has 2 rings (SSSR count). The molecule has 0 saturated heterocycles. The van der Waals surface area contributed by atoms with E-state index in [-0.39, 0.29) is 17.0 Å². The van der Waals surface area contributed by atoms with Crippen LogP contribution in [-0.4, -0.2) is 5.11 Å². The van der Waals surface area contributed by atoms with E-state index in [1.807, 2.05) is 0 Å². The van der Waals surface area contributed by atoms with Gasteiger partial charge in [0.1, 0.15) is 5.82 Å². The van der Waals surface area contributed by atoms with Crippen LogP contribution in [0.25, 0.3) is 0 Å². The van der Waals surface area contributed by atoms with Crippen LogP contribution in [0, 0.1) is 5.82 Å². The Balaban J connectivity index is 2.25. The molecule has 0 aromatic heterocycles. The lowest BCUT2D eigenvalue weighted by Gasteiger charge is -2.13. The molecule has 0 aliphatic rings. The average molecular weight is 320 g/mol. The molecule has 0 saturated carbocycles. The number of halogens is 4. The van der Waals surface area contributed by atoms with Gasteiger partial charge in [-0.15, -0.1) is 0 Å². The third-order valence-electron chi connectivity index (χ3n) is 2.74. The van der Waals surface area contributed by atoms with Crippen LogP contribution in [0.2, 0.25) is 15.1 Å². The molecule has 5 heteroatoms. The molecule has 1 N–H and O–H groups in total. The number of aliphatic hydroxyl groups is 1. The summed E-state index contributed by atoms with van der Waals surface area (Å²) in [5, 5.41) is 11.4. The third-order valence-corrected chi connectivity index (χ3v) is 3.58. The van der Waals surface area contributed by atoms with Crippen LogP contribution in [0.3, 0.4) is 0 Å². The Kier molecular flexibility index (Phi) is 4.69. The van der Waals surface area contributed by atoms with Gasteiger partial charge in [0.25, 0.3) is 0 Å². The third kappa shape index (κ3) is 3.61. The van der Waals surface area contributed by atoms with Gasteiger partial charge in [0, 0.05) is 27.1 Å². The number of rotatable bonds is 3. The molecule has 0 aliphatic heterocycles. The van der Waals surface area contributed by atoms with Crippen LogP contribution >= 0.6 is 34.8 Å². The van der Waals surface area contributed by atoms with Crippen molar-refractivity contribution >= 4 is 34.8 Å². The number of hydrogen-bond donors (Lipinski definition) is 1. The summed E-state index contributed by atoms with van der Waals surface area (Å²) in [5.41, 5.74) is 0.844. The second kappa shape index (κ2) is 6.10. The zero-order valence-electron chi connectivity index (χ0n) is 9.71. The van der Waals surface area contributed by atoms with E-state index in [0.717, 1.165) is 0 Å². The molecular weight excluding hydrogens is 310 g/mol. The molecule has 0 spiro atoms. The van der Waals surface area contributed by atoms with Gasteiger partial charge in [0.2, 0.25) is 0 Å². The topological polar surface area (TPSA) is 20.2 Å². The molecule has 0 heterocycles. The second-order valence-corrected chi connectivity index (χ2v) is 5.40. The Morgan fingerprint density at radius 3 is 2.32 bits per heavy atom. The maximum absolute atomic E-state index is 13.7. The molecule has 0 bridgehead atoms. The van der Waals surface area contributed by atoms with Crippen molar-refractivity contribution in [3.8, 4) is 0 Å². The van der Waals surface area contributed by atoms with Crippen molar-refractivity contribution in [3.05, 3.63) is 68.4 Å². The maximum atomic E-state index is 13.7. The lowest BCUT2D eigenvalue weighted by molar-refractivity contribution is 0.173. The van der Waals surface area contributed by atoms with Crippen molar-refractivity contribution in [1.82, 2.24) is 0 Å². The minimum Gasteiger partial charge on any atom is -0.388 e. The van der Waals surface area contributed by atoms with Crippen LogP contribution in [0.5, 0.6) is 0 Å². The predicted molar refractivity (Wildman–Crippen MR) is 76.5 cm³/mol.